The Bertz CT molecular complexity index is 344. The highest BCUT2D eigenvalue weighted by Gasteiger charge is 2.18. The van der Waals surface area contributed by atoms with Crippen LogP contribution in [0.25, 0.3) is 0 Å². The van der Waals surface area contributed by atoms with Crippen molar-refractivity contribution in [2.75, 3.05) is 27.8 Å². The molecule has 7 heteroatoms. The van der Waals surface area contributed by atoms with Crippen LogP contribution in [0.2, 0.25) is 0 Å². The van der Waals surface area contributed by atoms with Crippen molar-refractivity contribution in [3.63, 3.8) is 0 Å². The molecular weight excluding hydrogens is 227 g/mol. The van der Waals surface area contributed by atoms with Crippen LogP contribution in [0, 0.1) is 0 Å². The summed E-state index contributed by atoms with van der Waals surface area (Å²) in [7, 11) is 1.33. The lowest BCUT2D eigenvalue weighted by atomic mass is 9.79. The van der Waals surface area contributed by atoms with Crippen LogP contribution in [-0.4, -0.2) is 45.0 Å². The lowest BCUT2D eigenvalue weighted by Gasteiger charge is -2.12. The van der Waals surface area contributed by atoms with Crippen molar-refractivity contribution in [1.82, 2.24) is 0 Å². The zero-order valence-corrected chi connectivity index (χ0v) is 9.75. The zero-order chi connectivity index (χ0) is 12.7. The van der Waals surface area contributed by atoms with E-state index in [1.54, 1.807) is 12.1 Å². The van der Waals surface area contributed by atoms with E-state index in [0.29, 0.717) is 11.5 Å². The second-order valence-corrected chi connectivity index (χ2v) is 3.18. The first-order valence-corrected chi connectivity index (χ1v) is 4.92. The summed E-state index contributed by atoms with van der Waals surface area (Å²) in [6.07, 6.45) is 0. The van der Waals surface area contributed by atoms with Crippen LogP contribution in [-0.2, 0) is 9.47 Å². The monoisotopic (exact) mass is 242 g/mol. The fourth-order valence-corrected chi connectivity index (χ4v) is 1.20. The Balaban J connectivity index is 2.83. The van der Waals surface area contributed by atoms with Crippen LogP contribution in [0.5, 0.6) is 11.5 Å². The van der Waals surface area contributed by atoms with Gasteiger partial charge in [-0.3, -0.25) is 0 Å². The molecule has 0 saturated carbocycles. The van der Waals surface area contributed by atoms with E-state index in [0.717, 1.165) is 0 Å². The van der Waals surface area contributed by atoms with Gasteiger partial charge in [-0.25, -0.2) is 0 Å². The van der Waals surface area contributed by atoms with Gasteiger partial charge < -0.3 is 29.0 Å². The molecule has 17 heavy (non-hydrogen) atoms. The fourth-order valence-electron chi connectivity index (χ4n) is 1.20. The van der Waals surface area contributed by atoms with Gasteiger partial charge >= 0.3 is 7.12 Å². The van der Waals surface area contributed by atoms with Crippen molar-refractivity contribution in [1.29, 1.82) is 0 Å². The Hall–Kier alpha value is -1.28. The van der Waals surface area contributed by atoms with Gasteiger partial charge in [0.2, 0.25) is 0 Å². The van der Waals surface area contributed by atoms with Gasteiger partial charge in [-0.05, 0) is 18.2 Å². The molecule has 0 unspecified atom stereocenters. The average Bonchev–Trinajstić information content (AvgIpc) is 2.34. The summed E-state index contributed by atoms with van der Waals surface area (Å²) in [5, 5.41) is 18.4. The number of hydrogen-bond acceptors (Lipinski definition) is 6. The normalized spacial score (nSPS) is 10.1. The van der Waals surface area contributed by atoms with Crippen molar-refractivity contribution in [3.05, 3.63) is 18.2 Å². The molecule has 1 aromatic carbocycles. The molecule has 0 heterocycles. The average molecular weight is 242 g/mol. The van der Waals surface area contributed by atoms with Gasteiger partial charge in [-0.2, -0.15) is 0 Å². The van der Waals surface area contributed by atoms with E-state index in [2.05, 4.69) is 0 Å². The van der Waals surface area contributed by atoms with Crippen LogP contribution in [0.1, 0.15) is 0 Å². The number of methoxy groups -OCH3 is 2. The fraction of sp³-hybridized carbons (Fsp3) is 0.400. The maximum atomic E-state index is 9.20. The molecular formula is C10H15BO6. The maximum absolute atomic E-state index is 9.20. The highest BCUT2D eigenvalue weighted by Crippen LogP contribution is 2.16. The first-order chi connectivity index (χ1) is 8.19. The predicted octanol–water partition coefficient (Wildman–Crippen LogP) is -0.668. The van der Waals surface area contributed by atoms with E-state index in [9.17, 15) is 10.0 Å². The number of rotatable bonds is 7. The van der Waals surface area contributed by atoms with Crippen LogP contribution in [0.3, 0.4) is 0 Å². The first-order valence-electron chi connectivity index (χ1n) is 4.92. The standard InChI is InChI=1S/C10H15BO6/c1-14-6-16-8-3-4-10(17-7-15-2)9(5-8)11(12)13/h3-5,12-13H,6-7H2,1-2H3. The highest BCUT2D eigenvalue weighted by molar-refractivity contribution is 6.59. The van der Waals surface area contributed by atoms with Crippen LogP contribution in [0.4, 0.5) is 0 Å². The molecule has 6 nitrogen and oxygen atoms in total. The first kappa shape index (κ1) is 13.8. The summed E-state index contributed by atoms with van der Waals surface area (Å²) in [5.41, 5.74) is 0.204. The molecule has 0 radical (unpaired) electrons. The van der Waals surface area contributed by atoms with E-state index >= 15 is 0 Å². The Morgan fingerprint density at radius 2 is 1.71 bits per heavy atom. The van der Waals surface area contributed by atoms with Gasteiger partial charge in [0.15, 0.2) is 13.6 Å². The lowest BCUT2D eigenvalue weighted by Crippen LogP contribution is -2.31. The second-order valence-electron chi connectivity index (χ2n) is 3.18. The van der Waals surface area contributed by atoms with Crippen molar-refractivity contribution in [3.8, 4) is 11.5 Å². The SMILES string of the molecule is COCOc1ccc(OCOC)c(B(O)O)c1. The molecule has 0 fully saturated rings. The number of hydrogen-bond donors (Lipinski definition) is 2. The van der Waals surface area contributed by atoms with E-state index in [1.165, 1.54) is 20.3 Å². The number of benzene rings is 1. The van der Waals surface area contributed by atoms with Crippen LogP contribution < -0.4 is 14.9 Å². The largest absolute Gasteiger partial charge is 0.492 e. The van der Waals surface area contributed by atoms with E-state index in [1.807, 2.05) is 0 Å². The Morgan fingerprint density at radius 3 is 2.29 bits per heavy atom. The van der Waals surface area contributed by atoms with Gasteiger partial charge in [0.1, 0.15) is 11.5 Å². The minimum atomic E-state index is -1.65. The summed E-state index contributed by atoms with van der Waals surface area (Å²) in [6, 6.07) is 4.67. The second kappa shape index (κ2) is 7.13. The third kappa shape index (κ3) is 4.24. The number of ether oxygens (including phenoxy) is 4. The molecule has 1 rings (SSSR count). The molecule has 0 aromatic heterocycles. The van der Waals surface area contributed by atoms with Crippen molar-refractivity contribution >= 4 is 12.6 Å². The topological polar surface area (TPSA) is 77.4 Å². The molecule has 1 aromatic rings. The van der Waals surface area contributed by atoms with Gasteiger partial charge in [0, 0.05) is 19.7 Å². The molecule has 94 valence electrons. The third-order valence-electron chi connectivity index (χ3n) is 1.94. The molecule has 0 aliphatic rings. The lowest BCUT2D eigenvalue weighted by molar-refractivity contribution is 0.0488. The van der Waals surface area contributed by atoms with Gasteiger partial charge in [-0.15, -0.1) is 0 Å². The van der Waals surface area contributed by atoms with Crippen LogP contribution >= 0.6 is 0 Å². The quantitative estimate of drug-likeness (QED) is 0.487. The molecule has 0 aliphatic carbocycles. The minimum Gasteiger partial charge on any atom is -0.468 e. The van der Waals surface area contributed by atoms with E-state index in [4.69, 9.17) is 18.9 Å². The van der Waals surface area contributed by atoms with Gasteiger partial charge in [0.05, 0.1) is 0 Å². The van der Waals surface area contributed by atoms with Crippen LogP contribution in [0.15, 0.2) is 18.2 Å². The molecule has 0 bridgehead atoms. The third-order valence-corrected chi connectivity index (χ3v) is 1.94. The summed E-state index contributed by atoms with van der Waals surface area (Å²) in [4.78, 5) is 0. The van der Waals surface area contributed by atoms with Crippen molar-refractivity contribution < 1.29 is 29.0 Å². The summed E-state index contributed by atoms with van der Waals surface area (Å²) < 4.78 is 19.8. The Kier molecular flexibility index (Phi) is 5.78. The minimum absolute atomic E-state index is 0.0258. The predicted molar refractivity (Wildman–Crippen MR) is 61.3 cm³/mol. The molecule has 0 spiro atoms. The smallest absolute Gasteiger partial charge is 0.468 e. The Morgan fingerprint density at radius 1 is 1.06 bits per heavy atom. The Labute approximate surface area is 99.8 Å². The van der Waals surface area contributed by atoms with E-state index in [-0.39, 0.29) is 19.0 Å². The van der Waals surface area contributed by atoms with E-state index < -0.39 is 7.12 Å². The zero-order valence-electron chi connectivity index (χ0n) is 9.75. The van der Waals surface area contributed by atoms with Gasteiger partial charge in [0.25, 0.3) is 0 Å². The summed E-state index contributed by atoms with van der Waals surface area (Å²) in [6.45, 7) is 0.108. The highest BCUT2D eigenvalue weighted by atomic mass is 16.7. The molecule has 0 aliphatic heterocycles. The van der Waals surface area contributed by atoms with Gasteiger partial charge in [-0.1, -0.05) is 0 Å². The van der Waals surface area contributed by atoms with Crippen molar-refractivity contribution in [2.45, 2.75) is 0 Å². The maximum Gasteiger partial charge on any atom is 0.492 e. The van der Waals surface area contributed by atoms with Crippen molar-refractivity contribution in [2.24, 2.45) is 0 Å². The molecule has 2 N–H and O–H groups in total. The summed E-state index contributed by atoms with van der Waals surface area (Å²) >= 11 is 0. The molecule has 0 amide bonds. The summed E-state index contributed by atoms with van der Waals surface area (Å²) in [5.74, 6) is 0.784. The molecule has 0 saturated heterocycles. The molecule has 0 atom stereocenters.